The molecule has 0 saturated carbocycles. The summed E-state index contributed by atoms with van der Waals surface area (Å²) in [4.78, 5) is 16.6. The van der Waals surface area contributed by atoms with E-state index in [0.717, 1.165) is 16.9 Å². The van der Waals surface area contributed by atoms with Crippen molar-refractivity contribution in [1.82, 2.24) is 14.8 Å². The van der Waals surface area contributed by atoms with Gasteiger partial charge in [-0.15, -0.1) is 0 Å². The summed E-state index contributed by atoms with van der Waals surface area (Å²) in [6.45, 7) is 3.78. The predicted octanol–water partition coefficient (Wildman–Crippen LogP) is 3.14. The molecule has 110 valence electrons. The van der Waals surface area contributed by atoms with E-state index >= 15 is 0 Å². The summed E-state index contributed by atoms with van der Waals surface area (Å²) in [6, 6.07) is 13.5. The van der Waals surface area contributed by atoms with Crippen LogP contribution in [0.25, 0.3) is 5.69 Å². The van der Waals surface area contributed by atoms with E-state index in [-0.39, 0.29) is 5.91 Å². The average molecular weight is 292 g/mol. The van der Waals surface area contributed by atoms with Crippen molar-refractivity contribution in [2.75, 3.05) is 5.32 Å². The van der Waals surface area contributed by atoms with Crippen LogP contribution in [0.5, 0.6) is 0 Å². The normalized spacial score (nSPS) is 10.5. The lowest BCUT2D eigenvalue weighted by atomic mass is 10.2. The first-order valence-corrected chi connectivity index (χ1v) is 7.00. The van der Waals surface area contributed by atoms with Gasteiger partial charge in [0.25, 0.3) is 5.91 Å². The molecule has 5 heteroatoms. The zero-order chi connectivity index (χ0) is 15.5. The second kappa shape index (κ2) is 5.81. The van der Waals surface area contributed by atoms with Crippen LogP contribution in [0, 0.1) is 13.8 Å². The quantitative estimate of drug-likeness (QED) is 0.806. The fraction of sp³-hybridized carbons (Fsp3) is 0.118. The van der Waals surface area contributed by atoms with Gasteiger partial charge in [0.1, 0.15) is 5.82 Å². The number of pyridine rings is 1. The summed E-state index contributed by atoms with van der Waals surface area (Å²) in [7, 11) is 0. The molecular weight excluding hydrogens is 276 g/mol. The average Bonchev–Trinajstić information content (AvgIpc) is 2.92. The van der Waals surface area contributed by atoms with Crippen molar-refractivity contribution >= 4 is 11.7 Å². The molecular formula is C17H16N4O. The Morgan fingerprint density at radius 1 is 1.09 bits per heavy atom. The van der Waals surface area contributed by atoms with Gasteiger partial charge in [-0.2, -0.15) is 5.10 Å². The van der Waals surface area contributed by atoms with E-state index in [0.29, 0.717) is 11.4 Å². The number of benzene rings is 1. The van der Waals surface area contributed by atoms with Gasteiger partial charge < -0.3 is 5.32 Å². The first kappa shape index (κ1) is 14.0. The molecule has 0 saturated heterocycles. The molecule has 0 spiro atoms. The minimum Gasteiger partial charge on any atom is -0.306 e. The van der Waals surface area contributed by atoms with E-state index in [2.05, 4.69) is 15.4 Å². The number of anilines is 1. The highest BCUT2D eigenvalue weighted by atomic mass is 16.1. The lowest BCUT2D eigenvalue weighted by molar-refractivity contribution is 0.102. The Morgan fingerprint density at radius 3 is 2.59 bits per heavy atom. The molecule has 1 N–H and O–H groups in total. The third-order valence-corrected chi connectivity index (χ3v) is 3.50. The number of nitrogens with one attached hydrogen (secondary N) is 1. The Kier molecular flexibility index (Phi) is 3.70. The van der Waals surface area contributed by atoms with Gasteiger partial charge in [-0.1, -0.05) is 24.3 Å². The van der Waals surface area contributed by atoms with Crippen molar-refractivity contribution in [3.63, 3.8) is 0 Å². The first-order chi connectivity index (χ1) is 10.7. The summed E-state index contributed by atoms with van der Waals surface area (Å²) in [5, 5.41) is 7.14. The standard InChI is InChI=1S/C17H16N4O/c1-12-7-6-10-18-16(12)20-17(22)15-11-19-21(13(15)2)14-8-4-3-5-9-14/h3-11H,1-2H3,(H,18,20,22). The minimum absolute atomic E-state index is 0.207. The third kappa shape index (κ3) is 2.61. The molecule has 22 heavy (non-hydrogen) atoms. The minimum atomic E-state index is -0.207. The highest BCUT2D eigenvalue weighted by Gasteiger charge is 2.16. The highest BCUT2D eigenvalue weighted by molar-refractivity contribution is 6.04. The van der Waals surface area contributed by atoms with Gasteiger partial charge in [0.15, 0.2) is 0 Å². The van der Waals surface area contributed by atoms with Crippen LogP contribution in [-0.2, 0) is 0 Å². The number of aromatic nitrogens is 3. The van der Waals surface area contributed by atoms with E-state index in [9.17, 15) is 4.79 Å². The summed E-state index contributed by atoms with van der Waals surface area (Å²) in [6.07, 6.45) is 3.23. The van der Waals surface area contributed by atoms with Crippen LogP contribution in [0.1, 0.15) is 21.6 Å². The Labute approximate surface area is 128 Å². The van der Waals surface area contributed by atoms with Crippen molar-refractivity contribution < 1.29 is 4.79 Å². The zero-order valence-electron chi connectivity index (χ0n) is 12.4. The van der Waals surface area contributed by atoms with Crippen molar-refractivity contribution in [2.24, 2.45) is 0 Å². The largest absolute Gasteiger partial charge is 0.306 e. The van der Waals surface area contributed by atoms with Gasteiger partial charge in [-0.05, 0) is 37.6 Å². The van der Waals surface area contributed by atoms with Crippen LogP contribution in [-0.4, -0.2) is 20.7 Å². The van der Waals surface area contributed by atoms with Gasteiger partial charge in [0.05, 0.1) is 23.1 Å². The van der Waals surface area contributed by atoms with Crippen LogP contribution in [0.15, 0.2) is 54.9 Å². The second-order valence-corrected chi connectivity index (χ2v) is 5.01. The van der Waals surface area contributed by atoms with E-state index in [4.69, 9.17) is 0 Å². The number of nitrogens with zero attached hydrogens (tertiary/aromatic N) is 3. The molecule has 0 atom stereocenters. The van der Waals surface area contributed by atoms with Crippen molar-refractivity contribution in [2.45, 2.75) is 13.8 Å². The number of rotatable bonds is 3. The molecule has 2 aromatic heterocycles. The Balaban J connectivity index is 1.89. The van der Waals surface area contributed by atoms with Crippen LogP contribution >= 0.6 is 0 Å². The van der Waals surface area contributed by atoms with Gasteiger partial charge in [0, 0.05) is 6.20 Å². The van der Waals surface area contributed by atoms with Crippen LogP contribution in [0.2, 0.25) is 0 Å². The third-order valence-electron chi connectivity index (χ3n) is 3.50. The fourth-order valence-electron chi connectivity index (χ4n) is 2.25. The lowest BCUT2D eigenvalue weighted by Gasteiger charge is -2.07. The molecule has 0 bridgehead atoms. The molecule has 5 nitrogen and oxygen atoms in total. The van der Waals surface area contributed by atoms with E-state index in [1.165, 1.54) is 0 Å². The molecule has 2 heterocycles. The first-order valence-electron chi connectivity index (χ1n) is 7.00. The molecule has 0 aliphatic carbocycles. The number of carbonyl (C=O) groups excluding carboxylic acids is 1. The lowest BCUT2D eigenvalue weighted by Crippen LogP contribution is -2.14. The number of para-hydroxylation sites is 1. The molecule has 3 aromatic rings. The van der Waals surface area contributed by atoms with Crippen molar-refractivity contribution in [3.05, 3.63) is 71.7 Å². The summed E-state index contributed by atoms with van der Waals surface area (Å²) >= 11 is 0. The molecule has 3 rings (SSSR count). The summed E-state index contributed by atoms with van der Waals surface area (Å²) in [5.41, 5.74) is 3.17. The maximum absolute atomic E-state index is 12.4. The second-order valence-electron chi connectivity index (χ2n) is 5.01. The van der Waals surface area contributed by atoms with Crippen LogP contribution < -0.4 is 5.32 Å². The van der Waals surface area contributed by atoms with Gasteiger partial charge >= 0.3 is 0 Å². The van der Waals surface area contributed by atoms with E-state index in [1.54, 1.807) is 17.1 Å². The molecule has 1 amide bonds. The van der Waals surface area contributed by atoms with Gasteiger partial charge in [0.2, 0.25) is 0 Å². The maximum Gasteiger partial charge on any atom is 0.260 e. The Morgan fingerprint density at radius 2 is 1.86 bits per heavy atom. The van der Waals surface area contributed by atoms with Crippen LogP contribution in [0.3, 0.4) is 0 Å². The molecule has 0 fully saturated rings. The highest BCUT2D eigenvalue weighted by Crippen LogP contribution is 2.16. The number of aryl methyl sites for hydroxylation is 1. The fourth-order valence-corrected chi connectivity index (χ4v) is 2.25. The maximum atomic E-state index is 12.4. The van der Waals surface area contributed by atoms with E-state index in [1.807, 2.05) is 56.3 Å². The van der Waals surface area contributed by atoms with Crippen LogP contribution in [0.4, 0.5) is 5.82 Å². The number of amides is 1. The smallest absolute Gasteiger partial charge is 0.260 e. The van der Waals surface area contributed by atoms with E-state index < -0.39 is 0 Å². The molecule has 0 aliphatic rings. The summed E-state index contributed by atoms with van der Waals surface area (Å²) in [5.74, 6) is 0.362. The number of carbonyl (C=O) groups is 1. The van der Waals surface area contributed by atoms with Gasteiger partial charge in [-0.3, -0.25) is 4.79 Å². The molecule has 0 radical (unpaired) electrons. The zero-order valence-corrected chi connectivity index (χ0v) is 12.4. The van der Waals surface area contributed by atoms with Crippen molar-refractivity contribution in [3.8, 4) is 5.69 Å². The number of hydrogen-bond acceptors (Lipinski definition) is 3. The monoisotopic (exact) mass is 292 g/mol. The number of hydrogen-bond donors (Lipinski definition) is 1. The molecule has 0 aliphatic heterocycles. The molecule has 1 aromatic carbocycles. The Hall–Kier alpha value is -2.95. The topological polar surface area (TPSA) is 59.8 Å². The van der Waals surface area contributed by atoms with Gasteiger partial charge in [-0.25, -0.2) is 9.67 Å². The van der Waals surface area contributed by atoms with Crippen molar-refractivity contribution in [1.29, 1.82) is 0 Å². The molecule has 0 unspecified atom stereocenters. The summed E-state index contributed by atoms with van der Waals surface area (Å²) < 4.78 is 1.75. The Bertz CT molecular complexity index is 809. The SMILES string of the molecule is Cc1cccnc1NC(=O)c1cnn(-c2ccccc2)c1C. The predicted molar refractivity (Wildman–Crippen MR) is 85.2 cm³/mol.